The van der Waals surface area contributed by atoms with Crippen molar-refractivity contribution in [3.63, 3.8) is 0 Å². The highest BCUT2D eigenvalue weighted by Crippen LogP contribution is 2.45. The molecule has 0 saturated heterocycles. The van der Waals surface area contributed by atoms with Gasteiger partial charge < -0.3 is 5.73 Å². The maximum atomic E-state index is 8.35. The molecule has 2 saturated carbocycles. The molecule has 2 aliphatic rings. The predicted molar refractivity (Wildman–Crippen MR) is 41.9 cm³/mol. The fraction of sp³-hybridized carbons (Fsp3) is 0.875. The lowest BCUT2D eigenvalue weighted by atomic mass is 9.95. The topological polar surface area (TPSA) is 66.9 Å². The standard InChI is InChI=1S/C7H13N.CHNO/c8-7-3-1-6(5-7)2-4-7;2-1-3/h6H,1-5,8H2;2H. The van der Waals surface area contributed by atoms with Crippen LogP contribution in [-0.4, -0.2) is 11.6 Å². The number of rotatable bonds is 0. The molecule has 3 nitrogen and oxygen atoms in total. The molecule has 0 radical (unpaired) electrons. The first-order valence-electron chi connectivity index (χ1n) is 4.03. The van der Waals surface area contributed by atoms with Crippen LogP contribution in [0.2, 0.25) is 0 Å². The van der Waals surface area contributed by atoms with E-state index in [1.807, 2.05) is 0 Å². The fourth-order valence-corrected chi connectivity index (χ4v) is 2.24. The van der Waals surface area contributed by atoms with Gasteiger partial charge in [-0.15, -0.1) is 0 Å². The molecular formula is C8H14N2O. The van der Waals surface area contributed by atoms with Gasteiger partial charge in [0.25, 0.3) is 0 Å². The van der Waals surface area contributed by atoms with E-state index in [9.17, 15) is 0 Å². The zero-order valence-electron chi connectivity index (χ0n) is 6.60. The molecule has 62 valence electrons. The van der Waals surface area contributed by atoms with Crippen molar-refractivity contribution in [2.24, 2.45) is 11.7 Å². The van der Waals surface area contributed by atoms with Crippen LogP contribution < -0.4 is 5.73 Å². The van der Waals surface area contributed by atoms with Crippen molar-refractivity contribution in [1.82, 2.24) is 0 Å². The smallest absolute Gasteiger partial charge is 0.231 e. The Labute approximate surface area is 66.5 Å². The van der Waals surface area contributed by atoms with Gasteiger partial charge in [0.15, 0.2) is 0 Å². The van der Waals surface area contributed by atoms with E-state index in [1.54, 1.807) is 0 Å². The molecule has 0 heterocycles. The van der Waals surface area contributed by atoms with Gasteiger partial charge in [-0.2, -0.15) is 0 Å². The first-order valence-corrected chi connectivity index (χ1v) is 4.03. The molecule has 0 spiro atoms. The van der Waals surface area contributed by atoms with Crippen LogP contribution in [0.25, 0.3) is 0 Å². The average Bonchev–Trinajstić information content (AvgIpc) is 2.46. The van der Waals surface area contributed by atoms with Gasteiger partial charge in [0, 0.05) is 5.54 Å². The van der Waals surface area contributed by atoms with Gasteiger partial charge in [0.1, 0.15) is 0 Å². The maximum absolute atomic E-state index is 8.35. The van der Waals surface area contributed by atoms with Crippen LogP contribution in [0.5, 0.6) is 0 Å². The summed E-state index contributed by atoms with van der Waals surface area (Å²) in [4.78, 5) is 8.35. The summed E-state index contributed by atoms with van der Waals surface area (Å²) in [5.74, 6) is 1.01. The average molecular weight is 154 g/mol. The predicted octanol–water partition coefficient (Wildman–Crippen LogP) is 1.18. The van der Waals surface area contributed by atoms with Crippen molar-refractivity contribution in [3.05, 3.63) is 0 Å². The lowest BCUT2D eigenvalue weighted by Gasteiger charge is -2.19. The van der Waals surface area contributed by atoms with Gasteiger partial charge in [-0.05, 0) is 38.0 Å². The van der Waals surface area contributed by atoms with Crippen LogP contribution in [0.3, 0.4) is 0 Å². The summed E-state index contributed by atoms with van der Waals surface area (Å²) in [5.41, 5.74) is 6.31. The zero-order valence-corrected chi connectivity index (χ0v) is 6.60. The van der Waals surface area contributed by atoms with E-state index in [0.29, 0.717) is 5.54 Å². The number of hydrogen-bond acceptors (Lipinski definition) is 3. The second-order valence-corrected chi connectivity index (χ2v) is 3.61. The molecule has 0 atom stereocenters. The van der Waals surface area contributed by atoms with Crippen LogP contribution >= 0.6 is 0 Å². The van der Waals surface area contributed by atoms with Gasteiger partial charge in [-0.1, -0.05) is 0 Å². The Hall–Kier alpha value is -0.660. The van der Waals surface area contributed by atoms with Gasteiger partial charge in [0.2, 0.25) is 6.08 Å². The minimum atomic E-state index is 0.310. The molecule has 2 bridgehead atoms. The molecule has 0 unspecified atom stereocenters. The highest BCUT2D eigenvalue weighted by atomic mass is 16.1. The molecule has 3 heteroatoms. The summed E-state index contributed by atoms with van der Waals surface area (Å²) in [6, 6.07) is 0. The lowest BCUT2D eigenvalue weighted by Crippen LogP contribution is -2.33. The van der Waals surface area contributed by atoms with Crippen molar-refractivity contribution in [2.75, 3.05) is 0 Å². The second-order valence-electron chi connectivity index (χ2n) is 3.61. The van der Waals surface area contributed by atoms with Crippen molar-refractivity contribution < 1.29 is 4.79 Å². The number of fused-ring (bicyclic) bond motifs is 2. The molecule has 0 aromatic rings. The second kappa shape index (κ2) is 3.16. The molecule has 0 amide bonds. The Morgan fingerprint density at radius 3 is 2.00 bits per heavy atom. The van der Waals surface area contributed by atoms with Crippen molar-refractivity contribution in [3.8, 4) is 0 Å². The van der Waals surface area contributed by atoms with Crippen molar-refractivity contribution in [2.45, 2.75) is 37.6 Å². The quantitative estimate of drug-likeness (QED) is 0.406. The Morgan fingerprint density at radius 1 is 1.45 bits per heavy atom. The minimum absolute atomic E-state index is 0.310. The van der Waals surface area contributed by atoms with E-state index in [1.165, 1.54) is 32.1 Å². The lowest BCUT2D eigenvalue weighted by molar-refractivity contribution is 0.418. The number of carbonyl (C=O) groups excluding carboxylic acids is 1. The highest BCUT2D eigenvalue weighted by molar-refractivity contribution is 5.26. The monoisotopic (exact) mass is 154 g/mol. The van der Waals surface area contributed by atoms with E-state index in [-0.39, 0.29) is 0 Å². The maximum Gasteiger partial charge on any atom is 0.231 e. The third kappa shape index (κ3) is 1.88. The number of hydrogen-bond donors (Lipinski definition) is 2. The van der Waals surface area contributed by atoms with Crippen molar-refractivity contribution >= 4 is 6.08 Å². The Kier molecular flexibility index (Phi) is 2.42. The Morgan fingerprint density at radius 2 is 1.91 bits per heavy atom. The molecule has 11 heavy (non-hydrogen) atoms. The third-order valence-corrected chi connectivity index (χ3v) is 2.80. The molecule has 2 aliphatic carbocycles. The first-order chi connectivity index (χ1) is 5.20. The third-order valence-electron chi connectivity index (χ3n) is 2.80. The number of nitrogens with two attached hydrogens (primary N) is 1. The molecule has 0 aliphatic heterocycles. The van der Waals surface area contributed by atoms with Gasteiger partial charge >= 0.3 is 0 Å². The van der Waals surface area contributed by atoms with Gasteiger partial charge in [0.05, 0.1) is 0 Å². The van der Waals surface area contributed by atoms with Crippen LogP contribution in [0.4, 0.5) is 0 Å². The number of isocyanates is 1. The molecule has 0 aromatic heterocycles. The van der Waals surface area contributed by atoms with E-state index in [4.69, 9.17) is 15.9 Å². The molecular weight excluding hydrogens is 140 g/mol. The van der Waals surface area contributed by atoms with Crippen molar-refractivity contribution in [1.29, 1.82) is 5.41 Å². The summed E-state index contributed by atoms with van der Waals surface area (Å²) >= 11 is 0. The van der Waals surface area contributed by atoms with Crippen LogP contribution in [0.1, 0.15) is 32.1 Å². The van der Waals surface area contributed by atoms with E-state index < -0.39 is 0 Å². The summed E-state index contributed by atoms with van der Waals surface area (Å²) in [6.07, 6.45) is 7.51. The molecule has 2 fully saturated rings. The van der Waals surface area contributed by atoms with Gasteiger partial charge in [-0.25, -0.2) is 10.2 Å². The van der Waals surface area contributed by atoms with E-state index in [2.05, 4.69) is 0 Å². The summed E-state index contributed by atoms with van der Waals surface area (Å²) in [5, 5.41) is 5.40. The van der Waals surface area contributed by atoms with Crippen LogP contribution in [0, 0.1) is 11.3 Å². The zero-order chi connectivity index (χ0) is 8.32. The van der Waals surface area contributed by atoms with Crippen LogP contribution in [-0.2, 0) is 4.79 Å². The highest BCUT2D eigenvalue weighted by Gasteiger charge is 2.41. The molecule has 0 aromatic carbocycles. The number of nitrogens with one attached hydrogen (secondary N) is 1. The molecule has 2 rings (SSSR count). The summed E-state index contributed by atoms with van der Waals surface area (Å²) in [7, 11) is 0. The molecule has 3 N–H and O–H groups in total. The van der Waals surface area contributed by atoms with Gasteiger partial charge in [-0.3, -0.25) is 0 Å². The normalized spacial score (nSPS) is 39.2. The van der Waals surface area contributed by atoms with Crippen LogP contribution in [0.15, 0.2) is 0 Å². The SMILES string of the molecule is N=C=O.NC12CCC(CC1)C2. The fourth-order valence-electron chi connectivity index (χ4n) is 2.24. The minimum Gasteiger partial charge on any atom is -0.325 e. The van der Waals surface area contributed by atoms with E-state index >= 15 is 0 Å². The van der Waals surface area contributed by atoms with E-state index in [0.717, 1.165) is 12.0 Å². The largest absolute Gasteiger partial charge is 0.325 e. The first kappa shape index (κ1) is 8.44. The summed E-state index contributed by atoms with van der Waals surface area (Å²) in [6.45, 7) is 0. The summed E-state index contributed by atoms with van der Waals surface area (Å²) < 4.78 is 0. The Bertz CT molecular complexity index is 165. The Balaban J connectivity index is 0.000000179.